The maximum atomic E-state index is 12.4. The Morgan fingerprint density at radius 3 is 2.53 bits per heavy atom. The zero-order valence-electron chi connectivity index (χ0n) is 16.8. The zero-order chi connectivity index (χ0) is 20.9. The number of hydrogen-bond donors (Lipinski definition) is 1. The molecule has 2 fully saturated rings. The average Bonchev–Trinajstić information content (AvgIpc) is 3.41. The van der Waals surface area contributed by atoms with E-state index in [-0.39, 0.29) is 11.8 Å². The standard InChI is InChI=1S/C21H26ClN5O2S/c22-16-4-6-17(7-5-16)25-11-13-27(14-12-25)21-24-18(15-30-21)20(29)23-8-2-10-26-9-1-3-19(26)28/h4-7,15H,1-3,8-14H2,(H,23,29). The van der Waals surface area contributed by atoms with Crippen molar-refractivity contribution in [3.05, 3.63) is 40.4 Å². The molecule has 0 aliphatic carbocycles. The summed E-state index contributed by atoms with van der Waals surface area (Å²) in [5.41, 5.74) is 1.64. The normalized spacial score (nSPS) is 17.0. The highest BCUT2D eigenvalue weighted by molar-refractivity contribution is 7.13. The first-order valence-corrected chi connectivity index (χ1v) is 11.6. The predicted molar refractivity (Wildman–Crippen MR) is 121 cm³/mol. The van der Waals surface area contributed by atoms with Crippen LogP contribution < -0.4 is 15.1 Å². The number of likely N-dealkylation sites (tertiary alicyclic amines) is 1. The first kappa shape index (κ1) is 20.9. The van der Waals surface area contributed by atoms with Gasteiger partial charge in [0.25, 0.3) is 5.91 Å². The second-order valence-electron chi connectivity index (χ2n) is 7.56. The van der Waals surface area contributed by atoms with Gasteiger partial charge in [-0.2, -0.15) is 0 Å². The predicted octanol–water partition coefficient (Wildman–Crippen LogP) is 2.87. The molecular weight excluding hydrogens is 422 g/mol. The van der Waals surface area contributed by atoms with Crippen LogP contribution in [0.4, 0.5) is 10.8 Å². The molecule has 0 spiro atoms. The van der Waals surface area contributed by atoms with Gasteiger partial charge in [-0.1, -0.05) is 11.6 Å². The van der Waals surface area contributed by atoms with Gasteiger partial charge in [-0.25, -0.2) is 4.98 Å². The third-order valence-corrected chi connectivity index (χ3v) is 6.68. The Labute approximate surface area is 185 Å². The Balaban J connectivity index is 1.22. The molecule has 0 atom stereocenters. The SMILES string of the molecule is O=C(NCCCN1CCCC1=O)c1csc(N2CCN(c3ccc(Cl)cc3)CC2)n1. The van der Waals surface area contributed by atoms with Crippen molar-refractivity contribution < 1.29 is 9.59 Å². The van der Waals surface area contributed by atoms with E-state index in [0.717, 1.165) is 55.7 Å². The number of aromatic nitrogens is 1. The molecule has 2 aromatic rings. The number of carbonyl (C=O) groups excluding carboxylic acids is 2. The molecule has 1 N–H and O–H groups in total. The van der Waals surface area contributed by atoms with Crippen molar-refractivity contribution in [3.63, 3.8) is 0 Å². The van der Waals surface area contributed by atoms with Crippen molar-refractivity contribution in [2.45, 2.75) is 19.3 Å². The molecule has 9 heteroatoms. The number of carbonyl (C=O) groups is 2. The van der Waals surface area contributed by atoms with E-state index in [1.807, 2.05) is 34.5 Å². The molecule has 0 unspecified atom stereocenters. The summed E-state index contributed by atoms with van der Waals surface area (Å²) in [6, 6.07) is 7.92. The molecule has 1 aromatic heterocycles. The minimum absolute atomic E-state index is 0.148. The van der Waals surface area contributed by atoms with Crippen molar-refractivity contribution in [1.29, 1.82) is 0 Å². The van der Waals surface area contributed by atoms with Crippen molar-refractivity contribution in [1.82, 2.24) is 15.2 Å². The number of anilines is 2. The van der Waals surface area contributed by atoms with Crippen LogP contribution in [-0.4, -0.2) is 67.5 Å². The molecule has 2 amide bonds. The van der Waals surface area contributed by atoms with Crippen LogP contribution in [-0.2, 0) is 4.79 Å². The van der Waals surface area contributed by atoms with E-state index in [9.17, 15) is 9.59 Å². The van der Waals surface area contributed by atoms with E-state index >= 15 is 0 Å². The van der Waals surface area contributed by atoms with Gasteiger partial charge in [-0.3, -0.25) is 9.59 Å². The summed E-state index contributed by atoms with van der Waals surface area (Å²) < 4.78 is 0. The fourth-order valence-corrected chi connectivity index (χ4v) is 4.81. The Morgan fingerprint density at radius 2 is 1.83 bits per heavy atom. The summed E-state index contributed by atoms with van der Waals surface area (Å²) in [6.07, 6.45) is 2.36. The van der Waals surface area contributed by atoms with E-state index in [0.29, 0.717) is 25.2 Å². The highest BCUT2D eigenvalue weighted by Gasteiger charge is 2.22. The Kier molecular flexibility index (Phi) is 6.74. The summed E-state index contributed by atoms with van der Waals surface area (Å²) in [7, 11) is 0. The summed E-state index contributed by atoms with van der Waals surface area (Å²) >= 11 is 7.48. The fraction of sp³-hybridized carbons (Fsp3) is 0.476. The van der Waals surface area contributed by atoms with Gasteiger partial charge in [0.05, 0.1) is 0 Å². The van der Waals surface area contributed by atoms with E-state index in [2.05, 4.69) is 20.1 Å². The lowest BCUT2D eigenvalue weighted by atomic mass is 10.2. The molecule has 2 aliphatic heterocycles. The summed E-state index contributed by atoms with van der Waals surface area (Å²) in [5, 5.41) is 6.37. The molecule has 30 heavy (non-hydrogen) atoms. The fourth-order valence-electron chi connectivity index (χ4n) is 3.82. The molecule has 2 saturated heterocycles. The molecule has 2 aliphatic rings. The van der Waals surface area contributed by atoms with Crippen molar-refractivity contribution in [2.75, 3.05) is 55.6 Å². The van der Waals surface area contributed by atoms with Gasteiger partial charge < -0.3 is 20.0 Å². The summed E-state index contributed by atoms with van der Waals surface area (Å²) in [6.45, 7) is 5.63. The maximum Gasteiger partial charge on any atom is 0.270 e. The van der Waals surface area contributed by atoms with Crippen LogP contribution in [0.15, 0.2) is 29.6 Å². The first-order chi connectivity index (χ1) is 14.6. The van der Waals surface area contributed by atoms with Gasteiger partial charge in [0, 0.05) is 68.3 Å². The van der Waals surface area contributed by atoms with E-state index < -0.39 is 0 Å². The monoisotopic (exact) mass is 447 g/mol. The molecule has 0 bridgehead atoms. The minimum Gasteiger partial charge on any atom is -0.368 e. The number of piperazine rings is 1. The maximum absolute atomic E-state index is 12.4. The Bertz CT molecular complexity index is 880. The molecule has 4 rings (SSSR count). The molecule has 3 heterocycles. The number of hydrogen-bond acceptors (Lipinski definition) is 6. The van der Waals surface area contributed by atoms with Crippen LogP contribution in [0.3, 0.4) is 0 Å². The smallest absolute Gasteiger partial charge is 0.270 e. The van der Waals surface area contributed by atoms with Crippen molar-refractivity contribution in [3.8, 4) is 0 Å². The number of halogens is 1. The largest absolute Gasteiger partial charge is 0.368 e. The third kappa shape index (κ3) is 5.05. The quantitative estimate of drug-likeness (QED) is 0.661. The zero-order valence-corrected chi connectivity index (χ0v) is 18.4. The van der Waals surface area contributed by atoms with Crippen molar-refractivity contribution in [2.24, 2.45) is 0 Å². The highest BCUT2D eigenvalue weighted by Crippen LogP contribution is 2.24. The number of rotatable bonds is 7. The van der Waals surface area contributed by atoms with Crippen LogP contribution in [0.2, 0.25) is 5.02 Å². The summed E-state index contributed by atoms with van der Waals surface area (Å²) in [5.74, 6) is 0.0756. The van der Waals surface area contributed by atoms with Gasteiger partial charge in [-0.05, 0) is 37.1 Å². The molecule has 0 radical (unpaired) electrons. The molecule has 7 nitrogen and oxygen atoms in total. The van der Waals surface area contributed by atoms with E-state index in [1.54, 1.807) is 0 Å². The van der Waals surface area contributed by atoms with Crippen LogP contribution in [0.5, 0.6) is 0 Å². The van der Waals surface area contributed by atoms with Gasteiger partial charge >= 0.3 is 0 Å². The number of amides is 2. The minimum atomic E-state index is -0.148. The third-order valence-electron chi connectivity index (χ3n) is 5.53. The molecular formula is C21H26ClN5O2S. The van der Waals surface area contributed by atoms with E-state index in [1.165, 1.54) is 17.0 Å². The highest BCUT2D eigenvalue weighted by atomic mass is 35.5. The molecule has 160 valence electrons. The average molecular weight is 448 g/mol. The van der Waals surface area contributed by atoms with Crippen molar-refractivity contribution >= 4 is 45.6 Å². The second kappa shape index (κ2) is 9.66. The van der Waals surface area contributed by atoms with Gasteiger partial charge in [-0.15, -0.1) is 11.3 Å². The number of nitrogens with zero attached hydrogens (tertiary/aromatic N) is 4. The van der Waals surface area contributed by atoms with Gasteiger partial charge in [0.2, 0.25) is 5.91 Å². The lowest BCUT2D eigenvalue weighted by Gasteiger charge is -2.36. The first-order valence-electron chi connectivity index (χ1n) is 10.4. The van der Waals surface area contributed by atoms with E-state index in [4.69, 9.17) is 11.6 Å². The van der Waals surface area contributed by atoms with Crippen LogP contribution in [0.25, 0.3) is 0 Å². The van der Waals surface area contributed by atoms with Crippen LogP contribution in [0, 0.1) is 0 Å². The topological polar surface area (TPSA) is 68.8 Å². The van der Waals surface area contributed by atoms with Crippen LogP contribution in [0.1, 0.15) is 29.8 Å². The summed E-state index contributed by atoms with van der Waals surface area (Å²) in [4.78, 5) is 35.0. The van der Waals surface area contributed by atoms with Gasteiger partial charge in [0.15, 0.2) is 5.13 Å². The molecule has 0 saturated carbocycles. The Hall–Kier alpha value is -2.32. The number of thiazole rings is 1. The van der Waals surface area contributed by atoms with Gasteiger partial charge in [0.1, 0.15) is 5.69 Å². The van der Waals surface area contributed by atoms with Crippen LogP contribution >= 0.6 is 22.9 Å². The number of nitrogens with one attached hydrogen (secondary N) is 1. The lowest BCUT2D eigenvalue weighted by molar-refractivity contribution is -0.127. The molecule has 1 aromatic carbocycles. The Morgan fingerprint density at radius 1 is 1.10 bits per heavy atom. The number of benzene rings is 1. The lowest BCUT2D eigenvalue weighted by Crippen LogP contribution is -2.46. The second-order valence-corrected chi connectivity index (χ2v) is 8.83.